The number of anilines is 4. The summed E-state index contributed by atoms with van der Waals surface area (Å²) in [5, 5.41) is 7.22. The molecule has 3 aromatic carbocycles. The SMILES string of the molecule is C=C(/N=C\c1nc(Nc2ccc(OCc3cccc(F)c3)c(Cl)c2)n(C(C)C)c1CCCC)Nc1ccc(N2CCN(C)CC2)cc1. The van der Waals surface area contributed by atoms with E-state index in [-0.39, 0.29) is 18.5 Å². The van der Waals surface area contributed by atoms with Gasteiger partial charge in [0.15, 0.2) is 0 Å². The van der Waals surface area contributed by atoms with Crippen LogP contribution in [0.15, 0.2) is 84.1 Å². The zero-order chi connectivity index (χ0) is 33.3. The molecule has 1 aliphatic heterocycles. The quantitative estimate of drug-likeness (QED) is 0.132. The van der Waals surface area contributed by atoms with E-state index in [1.807, 2.05) is 18.2 Å². The first-order valence-electron chi connectivity index (χ1n) is 16.3. The number of hydrogen-bond acceptors (Lipinski definition) is 7. The molecule has 1 fully saturated rings. The second-order valence-corrected chi connectivity index (χ2v) is 12.6. The Kier molecular flexibility index (Phi) is 11.6. The predicted octanol–water partition coefficient (Wildman–Crippen LogP) is 8.68. The summed E-state index contributed by atoms with van der Waals surface area (Å²) in [6, 6.07) is 20.4. The second-order valence-electron chi connectivity index (χ2n) is 12.2. The van der Waals surface area contributed by atoms with Gasteiger partial charge in [0.1, 0.15) is 29.7 Å². The van der Waals surface area contributed by atoms with Crippen LogP contribution in [0.4, 0.5) is 27.4 Å². The average Bonchev–Trinajstić information content (AvgIpc) is 3.40. The molecule has 2 heterocycles. The molecule has 248 valence electrons. The van der Waals surface area contributed by atoms with Gasteiger partial charge in [-0.3, -0.25) is 0 Å². The minimum Gasteiger partial charge on any atom is -0.487 e. The van der Waals surface area contributed by atoms with Crippen LogP contribution in [-0.4, -0.2) is 53.9 Å². The number of nitrogens with one attached hydrogen (secondary N) is 2. The molecule has 0 amide bonds. The molecule has 1 saturated heterocycles. The van der Waals surface area contributed by atoms with Crippen molar-refractivity contribution < 1.29 is 9.13 Å². The van der Waals surface area contributed by atoms with Gasteiger partial charge in [0.2, 0.25) is 5.95 Å². The number of benzene rings is 3. The van der Waals surface area contributed by atoms with Crippen molar-refractivity contribution in [3.8, 4) is 5.75 Å². The summed E-state index contributed by atoms with van der Waals surface area (Å²) in [5.74, 6) is 1.46. The minimum absolute atomic E-state index is 0.156. The van der Waals surface area contributed by atoms with Crippen molar-refractivity contribution in [2.75, 3.05) is 48.8 Å². The van der Waals surface area contributed by atoms with Gasteiger partial charge < -0.3 is 29.7 Å². The summed E-state index contributed by atoms with van der Waals surface area (Å²) < 4.78 is 21.6. The number of imidazole rings is 1. The van der Waals surface area contributed by atoms with Crippen molar-refractivity contribution in [3.63, 3.8) is 0 Å². The average molecular weight is 658 g/mol. The molecular formula is C37H45ClFN7O. The van der Waals surface area contributed by atoms with Crippen LogP contribution in [0.1, 0.15) is 56.6 Å². The number of ether oxygens (including phenoxy) is 1. The highest BCUT2D eigenvalue weighted by Gasteiger charge is 2.19. The van der Waals surface area contributed by atoms with E-state index in [0.29, 0.717) is 22.5 Å². The molecule has 5 rings (SSSR count). The summed E-state index contributed by atoms with van der Waals surface area (Å²) >= 11 is 6.60. The van der Waals surface area contributed by atoms with Crippen molar-refractivity contribution in [2.45, 2.75) is 52.7 Å². The Labute approximate surface area is 282 Å². The lowest BCUT2D eigenvalue weighted by Gasteiger charge is -2.34. The standard InChI is InChI=1S/C37H45ClFN7O/c1-6-7-11-35-34(24-40-27(4)41-30-12-15-32(16-13-30)45-20-18-44(5)19-21-45)43-37(46(35)26(2)3)42-31-14-17-36(33(38)23-31)47-25-28-9-8-10-29(39)22-28/h8-10,12-17,22-24,26,41H,4,6-7,11,18-21,25H2,1-3,5H3,(H,42,43)/b40-24-. The van der Waals surface area contributed by atoms with Crippen molar-refractivity contribution in [1.82, 2.24) is 14.5 Å². The first-order valence-corrected chi connectivity index (χ1v) is 16.7. The molecule has 47 heavy (non-hydrogen) atoms. The van der Waals surface area contributed by atoms with Crippen LogP contribution in [0, 0.1) is 5.82 Å². The zero-order valence-corrected chi connectivity index (χ0v) is 28.5. The van der Waals surface area contributed by atoms with Gasteiger partial charge in [-0.25, -0.2) is 14.4 Å². The third kappa shape index (κ3) is 9.14. The van der Waals surface area contributed by atoms with E-state index >= 15 is 0 Å². The van der Waals surface area contributed by atoms with Crippen LogP contribution >= 0.6 is 11.6 Å². The number of rotatable bonds is 14. The highest BCUT2D eigenvalue weighted by molar-refractivity contribution is 6.32. The van der Waals surface area contributed by atoms with Gasteiger partial charge in [0.25, 0.3) is 0 Å². The Balaban J connectivity index is 1.29. The Morgan fingerprint density at radius 1 is 1.06 bits per heavy atom. The Hall–Kier alpha value is -4.34. The fraction of sp³-hybridized carbons (Fsp3) is 0.351. The third-order valence-corrected chi connectivity index (χ3v) is 8.46. The lowest BCUT2D eigenvalue weighted by atomic mass is 10.1. The number of halogens is 2. The van der Waals surface area contributed by atoms with E-state index in [2.05, 4.69) is 88.7 Å². The maximum absolute atomic E-state index is 13.6. The lowest BCUT2D eigenvalue weighted by molar-refractivity contribution is 0.306. The summed E-state index contributed by atoms with van der Waals surface area (Å²) in [6.45, 7) is 15.0. The molecule has 8 nitrogen and oxygen atoms in total. The molecule has 10 heteroatoms. The molecule has 4 aromatic rings. The number of aromatic nitrogens is 2. The Bertz CT molecular complexity index is 1680. The maximum atomic E-state index is 13.6. The fourth-order valence-electron chi connectivity index (χ4n) is 5.60. The molecule has 2 N–H and O–H groups in total. The monoisotopic (exact) mass is 657 g/mol. The lowest BCUT2D eigenvalue weighted by Crippen LogP contribution is -2.44. The van der Waals surface area contributed by atoms with Crippen LogP contribution in [0.3, 0.4) is 0 Å². The highest BCUT2D eigenvalue weighted by atomic mass is 35.5. The molecular weight excluding hydrogens is 613 g/mol. The minimum atomic E-state index is -0.299. The molecule has 0 atom stereocenters. The predicted molar refractivity (Wildman–Crippen MR) is 193 cm³/mol. The van der Waals surface area contributed by atoms with E-state index in [9.17, 15) is 4.39 Å². The summed E-state index contributed by atoms with van der Waals surface area (Å²) in [7, 11) is 2.17. The zero-order valence-electron chi connectivity index (χ0n) is 27.8. The number of aliphatic imine (C=N–C) groups is 1. The van der Waals surface area contributed by atoms with Gasteiger partial charge in [-0.15, -0.1) is 0 Å². The fourth-order valence-corrected chi connectivity index (χ4v) is 5.83. The third-order valence-electron chi connectivity index (χ3n) is 8.16. The molecule has 0 saturated carbocycles. The topological polar surface area (TPSA) is 70.0 Å². The Morgan fingerprint density at radius 2 is 1.81 bits per heavy atom. The molecule has 0 bridgehead atoms. The van der Waals surface area contributed by atoms with Crippen molar-refractivity contribution in [2.24, 2.45) is 4.99 Å². The van der Waals surface area contributed by atoms with Gasteiger partial charge in [-0.05, 0) is 93.9 Å². The number of hydrogen-bond donors (Lipinski definition) is 2. The van der Waals surface area contributed by atoms with Gasteiger partial charge >= 0.3 is 0 Å². The number of likely N-dealkylation sites (N-methyl/N-ethyl adjacent to an activating group) is 1. The highest BCUT2D eigenvalue weighted by Crippen LogP contribution is 2.32. The number of unbranched alkanes of at least 4 members (excludes halogenated alkanes) is 1. The molecule has 0 spiro atoms. The van der Waals surface area contributed by atoms with E-state index in [4.69, 9.17) is 21.3 Å². The summed E-state index contributed by atoms with van der Waals surface area (Å²) in [4.78, 5) is 14.4. The first kappa shape index (κ1) is 34.0. The molecule has 1 aromatic heterocycles. The van der Waals surface area contributed by atoms with Gasteiger partial charge in [0, 0.05) is 55.0 Å². The van der Waals surface area contributed by atoms with Crippen molar-refractivity contribution in [3.05, 3.63) is 107 Å². The normalized spacial score (nSPS) is 13.8. The van der Waals surface area contributed by atoms with Crippen LogP contribution < -0.4 is 20.3 Å². The smallest absolute Gasteiger partial charge is 0.208 e. The first-order chi connectivity index (χ1) is 22.7. The van der Waals surface area contributed by atoms with Gasteiger partial charge in [-0.2, -0.15) is 0 Å². The number of nitrogens with zero attached hydrogens (tertiary/aromatic N) is 5. The van der Waals surface area contributed by atoms with Crippen LogP contribution in [0.2, 0.25) is 5.02 Å². The Morgan fingerprint density at radius 3 is 2.49 bits per heavy atom. The van der Waals surface area contributed by atoms with Gasteiger partial charge in [-0.1, -0.05) is 43.7 Å². The second kappa shape index (κ2) is 16.0. The molecule has 1 aliphatic rings. The van der Waals surface area contributed by atoms with E-state index in [1.165, 1.54) is 17.8 Å². The largest absolute Gasteiger partial charge is 0.487 e. The number of piperazine rings is 1. The van der Waals surface area contributed by atoms with Crippen LogP contribution in [0.5, 0.6) is 5.75 Å². The van der Waals surface area contributed by atoms with Crippen LogP contribution in [-0.2, 0) is 13.0 Å². The summed E-state index contributed by atoms with van der Waals surface area (Å²) in [6.07, 6.45) is 4.75. The van der Waals surface area contributed by atoms with Crippen LogP contribution in [0.25, 0.3) is 0 Å². The van der Waals surface area contributed by atoms with E-state index in [1.54, 1.807) is 18.3 Å². The molecule has 0 aliphatic carbocycles. The van der Waals surface area contributed by atoms with E-state index in [0.717, 1.165) is 73.8 Å². The molecule has 0 radical (unpaired) electrons. The van der Waals surface area contributed by atoms with E-state index < -0.39 is 0 Å². The van der Waals surface area contributed by atoms with Crippen molar-refractivity contribution in [1.29, 1.82) is 0 Å². The summed E-state index contributed by atoms with van der Waals surface area (Å²) in [5.41, 5.74) is 5.57. The van der Waals surface area contributed by atoms with Gasteiger partial charge in [0.05, 0.1) is 11.2 Å². The maximum Gasteiger partial charge on any atom is 0.208 e. The molecule has 0 unspecified atom stereocenters. The van der Waals surface area contributed by atoms with Crippen molar-refractivity contribution >= 4 is 40.8 Å².